The average molecular weight is 758 g/mol. The Balaban J connectivity index is 1.47. The number of rotatable bonds is 9. The Morgan fingerprint density at radius 3 is 2.41 bits per heavy atom. The number of aryl methyl sites for hydroxylation is 1. The first-order chi connectivity index (χ1) is 25.5. The first-order valence-corrected chi connectivity index (χ1v) is 19.2. The van der Waals surface area contributed by atoms with Gasteiger partial charge in [-0.25, -0.2) is 14.8 Å². The molecular formula is C39H59N5O10. The van der Waals surface area contributed by atoms with E-state index in [9.17, 15) is 24.3 Å². The van der Waals surface area contributed by atoms with Crippen molar-refractivity contribution in [3.8, 4) is 0 Å². The van der Waals surface area contributed by atoms with Gasteiger partial charge in [-0.05, 0) is 72.7 Å². The second-order valence-corrected chi connectivity index (χ2v) is 15.9. The maximum absolute atomic E-state index is 14.5. The molecule has 0 radical (unpaired) electrons. The maximum atomic E-state index is 14.5. The number of esters is 1. The van der Waals surface area contributed by atoms with Crippen LogP contribution >= 0.6 is 0 Å². The van der Waals surface area contributed by atoms with Gasteiger partial charge in [0.15, 0.2) is 23.8 Å². The highest BCUT2D eigenvalue weighted by Gasteiger charge is 2.54. The number of imidazole rings is 1. The van der Waals surface area contributed by atoms with E-state index in [-0.39, 0.29) is 37.3 Å². The van der Waals surface area contributed by atoms with Gasteiger partial charge in [-0.3, -0.25) is 14.4 Å². The third kappa shape index (κ3) is 8.35. The van der Waals surface area contributed by atoms with Crippen LogP contribution in [-0.2, 0) is 44.6 Å². The van der Waals surface area contributed by atoms with Gasteiger partial charge in [-0.2, -0.15) is 0 Å². The van der Waals surface area contributed by atoms with E-state index < -0.39 is 83.9 Å². The molecule has 5 heterocycles. The monoisotopic (exact) mass is 757 g/mol. The lowest BCUT2D eigenvalue weighted by Gasteiger charge is -2.47. The van der Waals surface area contributed by atoms with Gasteiger partial charge in [0.25, 0.3) is 0 Å². The number of hydrogen-bond acceptors (Lipinski definition) is 13. The van der Waals surface area contributed by atoms with Crippen molar-refractivity contribution in [2.45, 2.75) is 135 Å². The van der Waals surface area contributed by atoms with Gasteiger partial charge >= 0.3 is 12.1 Å². The number of carbonyl (C=O) groups is 4. The molecule has 0 unspecified atom stereocenters. The highest BCUT2D eigenvalue weighted by atomic mass is 16.7. The van der Waals surface area contributed by atoms with Gasteiger partial charge in [0.2, 0.25) is 0 Å². The lowest BCUT2D eigenvalue weighted by Crippen LogP contribution is -2.59. The molecule has 54 heavy (non-hydrogen) atoms. The van der Waals surface area contributed by atoms with Crippen molar-refractivity contribution in [2.24, 2.45) is 23.7 Å². The molecule has 3 fully saturated rings. The predicted octanol–water partition coefficient (Wildman–Crippen LogP) is 3.64. The molecule has 0 spiro atoms. The number of hydrogen-bond donors (Lipinski definition) is 1. The molecule has 0 saturated carbocycles. The van der Waals surface area contributed by atoms with Crippen LogP contribution in [0.2, 0.25) is 0 Å². The van der Waals surface area contributed by atoms with Crippen LogP contribution in [0.4, 0.5) is 4.79 Å². The average Bonchev–Trinajstić information content (AvgIpc) is 3.71. The molecule has 13 atom stereocenters. The number of methoxy groups -OCH3 is 1. The number of aromatic nitrogens is 3. The number of pyridine rings is 1. The van der Waals surface area contributed by atoms with Crippen LogP contribution in [0.5, 0.6) is 0 Å². The third-order valence-corrected chi connectivity index (χ3v) is 11.8. The molecule has 1 N–H and O–H groups in total. The molecule has 15 nitrogen and oxygen atoms in total. The highest BCUT2D eigenvalue weighted by molar-refractivity contribution is 6.00. The Bertz CT molecular complexity index is 1650. The summed E-state index contributed by atoms with van der Waals surface area (Å²) in [7, 11) is 5.23. The summed E-state index contributed by atoms with van der Waals surface area (Å²) in [5, 5.41) is 11.4. The quantitative estimate of drug-likeness (QED) is 0.291. The van der Waals surface area contributed by atoms with Crippen molar-refractivity contribution in [2.75, 3.05) is 27.7 Å². The number of ketones is 2. The summed E-state index contributed by atoms with van der Waals surface area (Å²) in [6.45, 7) is 13.0. The van der Waals surface area contributed by atoms with E-state index in [1.54, 1.807) is 52.0 Å². The van der Waals surface area contributed by atoms with Gasteiger partial charge in [0.1, 0.15) is 29.4 Å². The minimum absolute atomic E-state index is 0.132. The molecule has 2 aromatic heterocycles. The molecule has 15 heteroatoms. The SMILES string of the molecule is CC[C@H]1OC(=O)[C@H](C)C(=O)[C@H](C)[C@@H](O[C@@H]2O[C@H](C)C[C@H](N(C)C)[C@H]2O)[C@](C)(OC)C[C@@H](C)C(=O)[C@H](C)[C@@H]2[C@@H]1OC(=O)N2CCCn1cnc2cccnc21. The summed E-state index contributed by atoms with van der Waals surface area (Å²) < 4.78 is 32.7. The third-order valence-electron chi connectivity index (χ3n) is 11.8. The largest absolute Gasteiger partial charge is 0.458 e. The van der Waals surface area contributed by atoms with Crippen molar-refractivity contribution < 1.29 is 48.0 Å². The zero-order chi connectivity index (χ0) is 39.6. The Labute approximate surface area is 318 Å². The lowest BCUT2D eigenvalue weighted by atomic mass is 9.75. The molecule has 3 saturated heterocycles. The highest BCUT2D eigenvalue weighted by Crippen LogP contribution is 2.39. The number of likely N-dealkylation sites (N-methyl/N-ethyl adjacent to an activating group) is 1. The predicted molar refractivity (Wildman–Crippen MR) is 197 cm³/mol. The molecule has 1 amide bonds. The minimum Gasteiger partial charge on any atom is -0.458 e. The van der Waals surface area contributed by atoms with Crippen molar-refractivity contribution >= 4 is 34.8 Å². The number of ether oxygens (including phenoxy) is 5. The zero-order valence-electron chi connectivity index (χ0n) is 33.3. The van der Waals surface area contributed by atoms with E-state index in [2.05, 4.69) is 9.97 Å². The van der Waals surface area contributed by atoms with Crippen molar-refractivity contribution in [3.05, 3.63) is 24.7 Å². The zero-order valence-corrected chi connectivity index (χ0v) is 33.3. The van der Waals surface area contributed by atoms with Gasteiger partial charge in [-0.1, -0.05) is 27.7 Å². The molecular weight excluding hydrogens is 698 g/mol. The van der Waals surface area contributed by atoms with E-state index in [4.69, 9.17) is 23.7 Å². The van der Waals surface area contributed by atoms with E-state index >= 15 is 0 Å². The molecule has 300 valence electrons. The summed E-state index contributed by atoms with van der Waals surface area (Å²) in [6.07, 6.45) is -1.01. The fourth-order valence-electron chi connectivity index (χ4n) is 8.64. The number of cyclic esters (lactones) is 1. The number of fused-ring (bicyclic) bond motifs is 2. The summed E-state index contributed by atoms with van der Waals surface area (Å²) in [5.41, 5.74) is 0.229. The Morgan fingerprint density at radius 2 is 1.74 bits per heavy atom. The molecule has 0 bridgehead atoms. The van der Waals surface area contributed by atoms with Crippen molar-refractivity contribution in [1.82, 2.24) is 24.3 Å². The Morgan fingerprint density at radius 1 is 1.02 bits per heavy atom. The van der Waals surface area contributed by atoms with Crippen LogP contribution in [0.25, 0.3) is 11.2 Å². The number of aliphatic hydroxyl groups is 1. The van der Waals surface area contributed by atoms with Crippen molar-refractivity contribution in [3.63, 3.8) is 0 Å². The molecule has 2 aromatic rings. The second kappa shape index (κ2) is 17.1. The van der Waals surface area contributed by atoms with Crippen LogP contribution < -0.4 is 0 Å². The minimum atomic E-state index is -1.26. The van der Waals surface area contributed by atoms with Gasteiger partial charge < -0.3 is 43.2 Å². The van der Waals surface area contributed by atoms with Crippen LogP contribution in [-0.4, -0.2) is 135 Å². The van der Waals surface area contributed by atoms with E-state index in [1.165, 1.54) is 14.0 Å². The summed E-state index contributed by atoms with van der Waals surface area (Å²) >= 11 is 0. The first kappa shape index (κ1) is 41.7. The Hall–Kier alpha value is -3.50. The van der Waals surface area contributed by atoms with Crippen LogP contribution in [0.3, 0.4) is 0 Å². The lowest BCUT2D eigenvalue weighted by molar-refractivity contribution is -0.295. The normalized spacial score (nSPS) is 37.3. The summed E-state index contributed by atoms with van der Waals surface area (Å²) in [4.78, 5) is 68.5. The number of Topliss-reactive ketones (excluding diaryl/α,β-unsaturated/α-hetero) is 2. The maximum Gasteiger partial charge on any atom is 0.410 e. The van der Waals surface area contributed by atoms with Crippen LogP contribution in [0, 0.1) is 23.7 Å². The fraction of sp³-hybridized carbons (Fsp3) is 0.744. The number of carbonyl (C=O) groups excluding carboxylic acids is 4. The van der Waals surface area contributed by atoms with E-state index in [1.807, 2.05) is 42.6 Å². The number of amides is 1. The standard InChI is InChI=1S/C39H59N5O10/c1-11-28-33-29(44(38(49)53-33)17-13-16-43-20-41-26-14-12-15-40-35(26)43)23(4)30(45)21(2)19-39(7,50-10)34(24(5)31(46)25(6)36(48)52-28)54-37-32(47)27(42(8)9)18-22(3)51-37/h12,14-15,20-25,27-29,32-34,37,47H,11,13,16-19H2,1-10H3/t21-,22-,23-,24+,25-,27+,28-,29-,32-,33-,34-,37+,39-/m1/s1. The van der Waals surface area contributed by atoms with E-state index in [0.717, 1.165) is 11.2 Å². The Kier molecular flexibility index (Phi) is 13.2. The number of nitrogens with zero attached hydrogens (tertiary/aromatic N) is 5. The smallest absolute Gasteiger partial charge is 0.410 e. The van der Waals surface area contributed by atoms with Crippen LogP contribution in [0.1, 0.15) is 74.1 Å². The van der Waals surface area contributed by atoms with Gasteiger partial charge in [0.05, 0.1) is 30.2 Å². The number of aliphatic hydroxyl groups excluding tert-OH is 1. The van der Waals surface area contributed by atoms with E-state index in [0.29, 0.717) is 19.4 Å². The van der Waals surface area contributed by atoms with Crippen LogP contribution in [0.15, 0.2) is 24.7 Å². The molecule has 3 aliphatic rings. The molecule has 5 rings (SSSR count). The summed E-state index contributed by atoms with van der Waals surface area (Å²) in [5.74, 6) is -4.90. The fourth-order valence-corrected chi connectivity index (χ4v) is 8.64. The first-order valence-electron chi connectivity index (χ1n) is 19.2. The molecule has 3 aliphatic heterocycles. The topological polar surface area (TPSA) is 172 Å². The second-order valence-electron chi connectivity index (χ2n) is 15.9. The molecule has 0 aromatic carbocycles. The van der Waals surface area contributed by atoms with Gasteiger partial charge in [0, 0.05) is 50.2 Å². The summed E-state index contributed by atoms with van der Waals surface area (Å²) in [6, 6.07) is 2.66. The molecule has 0 aliphatic carbocycles. The van der Waals surface area contributed by atoms with Crippen molar-refractivity contribution in [1.29, 1.82) is 0 Å². The van der Waals surface area contributed by atoms with Gasteiger partial charge in [-0.15, -0.1) is 0 Å².